The molecule has 0 unspecified atom stereocenters. The van der Waals surface area contributed by atoms with Gasteiger partial charge in [-0.3, -0.25) is 14.1 Å². The van der Waals surface area contributed by atoms with E-state index in [4.69, 9.17) is 0 Å². The number of aryl methyl sites for hydroxylation is 2. The Hall–Kier alpha value is -4.27. The van der Waals surface area contributed by atoms with Crippen molar-refractivity contribution in [2.75, 3.05) is 0 Å². The quantitative estimate of drug-likeness (QED) is 0.318. The van der Waals surface area contributed by atoms with Gasteiger partial charge in [0.15, 0.2) is 5.82 Å². The fraction of sp³-hybridized carbons (Fsp3) is 0.321. The van der Waals surface area contributed by atoms with Gasteiger partial charge in [-0.1, -0.05) is 51.5 Å². The molecule has 4 aromatic heterocycles. The molecule has 9 heteroatoms. The van der Waals surface area contributed by atoms with Gasteiger partial charge in [0, 0.05) is 43.1 Å². The van der Waals surface area contributed by atoms with Crippen LogP contribution in [-0.2, 0) is 20.0 Å². The predicted molar refractivity (Wildman–Crippen MR) is 144 cm³/mol. The topological polar surface area (TPSA) is 99.2 Å². The number of aromatic nitrogens is 8. The van der Waals surface area contributed by atoms with Gasteiger partial charge in [0.2, 0.25) is 0 Å². The molecule has 0 fully saturated rings. The van der Waals surface area contributed by atoms with Crippen LogP contribution < -0.4 is 5.69 Å². The Kier molecular flexibility index (Phi) is 6.85. The number of nitrogens with one attached hydrogen (secondary N) is 1. The molecular formula is C28H32N8O. The van der Waals surface area contributed by atoms with Crippen molar-refractivity contribution in [2.45, 2.75) is 52.5 Å². The number of rotatable bonds is 9. The van der Waals surface area contributed by atoms with Crippen molar-refractivity contribution in [1.29, 1.82) is 0 Å². The fourth-order valence-corrected chi connectivity index (χ4v) is 4.80. The van der Waals surface area contributed by atoms with Gasteiger partial charge in [0.25, 0.3) is 0 Å². The van der Waals surface area contributed by atoms with Crippen LogP contribution in [0.3, 0.4) is 0 Å². The maximum atomic E-state index is 13.9. The summed E-state index contributed by atoms with van der Waals surface area (Å²) in [5.41, 5.74) is 6.14. The molecule has 1 N–H and O–H groups in total. The molecule has 37 heavy (non-hydrogen) atoms. The summed E-state index contributed by atoms with van der Waals surface area (Å²) in [7, 11) is 1.99. The Morgan fingerprint density at radius 1 is 1.05 bits per heavy atom. The smallest absolute Gasteiger partial charge is 0.334 e. The highest BCUT2D eigenvalue weighted by Crippen LogP contribution is 2.27. The second-order valence-corrected chi connectivity index (χ2v) is 9.68. The van der Waals surface area contributed by atoms with Gasteiger partial charge in [0.05, 0.1) is 6.54 Å². The maximum absolute atomic E-state index is 13.9. The molecule has 0 saturated carbocycles. The van der Waals surface area contributed by atoms with Gasteiger partial charge in [-0.25, -0.2) is 9.89 Å². The second-order valence-electron chi connectivity index (χ2n) is 9.68. The fourth-order valence-electron chi connectivity index (χ4n) is 4.80. The van der Waals surface area contributed by atoms with Crippen LogP contribution in [0.25, 0.3) is 28.3 Å². The summed E-state index contributed by atoms with van der Waals surface area (Å²) in [4.78, 5) is 18.3. The molecule has 5 aromatic rings. The minimum atomic E-state index is -0.0298. The first-order valence-electron chi connectivity index (χ1n) is 12.7. The van der Waals surface area contributed by atoms with E-state index in [-0.39, 0.29) is 5.69 Å². The number of tetrazole rings is 1. The zero-order valence-electron chi connectivity index (χ0n) is 21.7. The lowest BCUT2D eigenvalue weighted by molar-refractivity contribution is 0.668. The zero-order valence-corrected chi connectivity index (χ0v) is 21.7. The Labute approximate surface area is 215 Å². The molecule has 4 heterocycles. The lowest BCUT2D eigenvalue weighted by Crippen LogP contribution is -2.26. The standard InChI is InChI=1S/C28H32N8O/c1-5-6-7-23-18-36(27-24(19(2)3)13-15-34(27)4)28(37)35(23)17-22-16-29-14-12-25(22)20-8-10-21(11-9-20)26-30-32-33-31-26/h8-16,18-19H,5-7,17H2,1-4H3,(H,30,31,32,33). The highest BCUT2D eigenvalue weighted by molar-refractivity contribution is 5.70. The van der Waals surface area contributed by atoms with E-state index in [1.807, 2.05) is 69.7 Å². The third-order valence-electron chi connectivity index (χ3n) is 6.82. The van der Waals surface area contributed by atoms with Crippen molar-refractivity contribution >= 4 is 0 Å². The molecule has 190 valence electrons. The van der Waals surface area contributed by atoms with Crippen molar-refractivity contribution in [2.24, 2.45) is 7.05 Å². The number of pyridine rings is 1. The van der Waals surface area contributed by atoms with E-state index in [0.717, 1.165) is 58.6 Å². The highest BCUT2D eigenvalue weighted by Gasteiger charge is 2.20. The third-order valence-corrected chi connectivity index (χ3v) is 6.82. The zero-order chi connectivity index (χ0) is 25.9. The molecule has 0 amide bonds. The number of nitrogens with zero attached hydrogens (tertiary/aromatic N) is 7. The molecule has 5 rings (SSSR count). The van der Waals surface area contributed by atoms with E-state index in [1.165, 1.54) is 0 Å². The molecule has 0 spiro atoms. The molecule has 0 aliphatic heterocycles. The minimum absolute atomic E-state index is 0.0298. The summed E-state index contributed by atoms with van der Waals surface area (Å²) in [6, 6.07) is 12.2. The molecular weight excluding hydrogens is 464 g/mol. The van der Waals surface area contributed by atoms with Crippen LogP contribution in [0.15, 0.2) is 66.0 Å². The van der Waals surface area contributed by atoms with Crippen LogP contribution in [0.5, 0.6) is 0 Å². The summed E-state index contributed by atoms with van der Waals surface area (Å²) in [6.07, 6.45) is 10.6. The normalized spacial score (nSPS) is 11.5. The van der Waals surface area contributed by atoms with Crippen LogP contribution in [0.1, 0.15) is 56.4 Å². The summed E-state index contributed by atoms with van der Waals surface area (Å²) >= 11 is 0. The number of aromatic amines is 1. The SMILES string of the molecule is CCCCc1cn(-c2c(C(C)C)ccn2C)c(=O)n1Cc1cnccc1-c1ccc(-c2nnn[nH]2)cc1. The van der Waals surface area contributed by atoms with Crippen molar-refractivity contribution in [1.82, 2.24) is 39.3 Å². The third kappa shape index (κ3) is 4.76. The highest BCUT2D eigenvalue weighted by atomic mass is 16.1. The first-order chi connectivity index (χ1) is 18.0. The number of benzene rings is 1. The molecule has 0 radical (unpaired) electrons. The number of hydrogen-bond acceptors (Lipinski definition) is 5. The number of H-pyrrole nitrogens is 1. The van der Waals surface area contributed by atoms with Crippen LogP contribution in [0.2, 0.25) is 0 Å². The Bertz CT molecular complexity index is 1540. The Morgan fingerprint density at radius 2 is 1.84 bits per heavy atom. The summed E-state index contributed by atoms with van der Waals surface area (Å²) in [5, 5.41) is 14.1. The molecule has 0 saturated heterocycles. The van der Waals surface area contributed by atoms with E-state index in [1.54, 1.807) is 6.20 Å². The number of hydrogen-bond donors (Lipinski definition) is 1. The molecule has 0 aliphatic rings. The van der Waals surface area contributed by atoms with Gasteiger partial charge in [-0.15, -0.1) is 5.10 Å². The van der Waals surface area contributed by atoms with Crippen LogP contribution >= 0.6 is 0 Å². The lowest BCUT2D eigenvalue weighted by atomic mass is 10.00. The van der Waals surface area contributed by atoms with Crippen LogP contribution in [-0.4, -0.2) is 39.3 Å². The second kappa shape index (κ2) is 10.4. The Morgan fingerprint density at radius 3 is 2.54 bits per heavy atom. The first kappa shape index (κ1) is 24.4. The van der Waals surface area contributed by atoms with Crippen molar-refractivity contribution in [3.05, 3.63) is 88.5 Å². The molecule has 0 aliphatic carbocycles. The number of imidazole rings is 1. The van der Waals surface area contributed by atoms with E-state index >= 15 is 0 Å². The lowest BCUT2D eigenvalue weighted by Gasteiger charge is -2.12. The monoisotopic (exact) mass is 496 g/mol. The average molecular weight is 497 g/mol. The van der Waals surface area contributed by atoms with E-state index in [0.29, 0.717) is 18.3 Å². The van der Waals surface area contributed by atoms with Crippen LogP contribution in [0, 0.1) is 0 Å². The van der Waals surface area contributed by atoms with Gasteiger partial charge in [-0.05, 0) is 63.6 Å². The van der Waals surface area contributed by atoms with E-state index < -0.39 is 0 Å². The van der Waals surface area contributed by atoms with E-state index in [2.05, 4.69) is 52.4 Å². The summed E-state index contributed by atoms with van der Waals surface area (Å²) < 4.78 is 5.75. The maximum Gasteiger partial charge on any atom is 0.334 e. The Balaban J connectivity index is 1.55. The first-order valence-corrected chi connectivity index (χ1v) is 12.7. The summed E-state index contributed by atoms with van der Waals surface area (Å²) in [6.45, 7) is 6.93. The molecule has 0 bridgehead atoms. The van der Waals surface area contributed by atoms with Crippen LogP contribution in [0.4, 0.5) is 0 Å². The average Bonchev–Trinajstić information content (AvgIpc) is 3.64. The van der Waals surface area contributed by atoms with E-state index in [9.17, 15) is 4.79 Å². The molecule has 0 atom stereocenters. The van der Waals surface area contributed by atoms with Crippen molar-refractivity contribution in [3.8, 4) is 28.3 Å². The number of unbranched alkanes of at least 4 members (excludes halogenated alkanes) is 1. The summed E-state index contributed by atoms with van der Waals surface area (Å²) in [5.74, 6) is 1.86. The predicted octanol–water partition coefficient (Wildman–Crippen LogP) is 4.73. The molecule has 1 aromatic carbocycles. The van der Waals surface area contributed by atoms with Crippen molar-refractivity contribution in [3.63, 3.8) is 0 Å². The van der Waals surface area contributed by atoms with Gasteiger partial charge < -0.3 is 4.57 Å². The van der Waals surface area contributed by atoms with Crippen molar-refractivity contribution < 1.29 is 0 Å². The van der Waals surface area contributed by atoms with Gasteiger partial charge >= 0.3 is 5.69 Å². The largest absolute Gasteiger partial charge is 0.337 e. The minimum Gasteiger partial charge on any atom is -0.337 e. The van der Waals surface area contributed by atoms with Gasteiger partial charge in [-0.2, -0.15) is 0 Å². The molecule has 9 nitrogen and oxygen atoms in total. The van der Waals surface area contributed by atoms with Gasteiger partial charge in [0.1, 0.15) is 5.82 Å².